The van der Waals surface area contributed by atoms with E-state index in [2.05, 4.69) is 20.9 Å². The van der Waals surface area contributed by atoms with Crippen LogP contribution in [-0.4, -0.2) is 66.1 Å². The number of para-hydroxylation sites is 1. The van der Waals surface area contributed by atoms with Crippen molar-refractivity contribution < 1.29 is 28.7 Å². The first-order valence-electron chi connectivity index (χ1n) is 12.7. The van der Waals surface area contributed by atoms with Gasteiger partial charge in [-0.05, 0) is 42.5 Å². The standard InChI is InChI=1S/C28H34N4O6S/c1-3-37-27(35)23(13-14-39-2)32-26(34)24(15-20-16-29-22-12-8-7-11-21(20)22)31-25(33)17-30-28(36)38-18-19-9-5-4-6-10-19/h4-12,16,23-24,29H,3,13-15,17-18H2,1-2H3,(H,30,36)(H,31,33)(H,32,34)/t23-,24-/m0/s1. The lowest BCUT2D eigenvalue weighted by molar-refractivity contribution is -0.147. The molecule has 0 aliphatic rings. The summed E-state index contributed by atoms with van der Waals surface area (Å²) in [7, 11) is 0. The van der Waals surface area contributed by atoms with E-state index in [0.29, 0.717) is 12.2 Å². The van der Waals surface area contributed by atoms with Gasteiger partial charge in [-0.15, -0.1) is 0 Å². The van der Waals surface area contributed by atoms with Crippen molar-refractivity contribution in [2.45, 2.75) is 38.5 Å². The zero-order chi connectivity index (χ0) is 28.0. The van der Waals surface area contributed by atoms with E-state index >= 15 is 0 Å². The molecule has 0 saturated carbocycles. The zero-order valence-corrected chi connectivity index (χ0v) is 22.8. The summed E-state index contributed by atoms with van der Waals surface area (Å²) in [5, 5.41) is 8.75. The van der Waals surface area contributed by atoms with Crippen molar-refractivity contribution in [3.63, 3.8) is 0 Å². The Morgan fingerprint density at radius 3 is 2.44 bits per heavy atom. The summed E-state index contributed by atoms with van der Waals surface area (Å²) in [6.07, 6.45) is 3.48. The van der Waals surface area contributed by atoms with Crippen LogP contribution in [0.4, 0.5) is 4.79 Å². The minimum absolute atomic E-state index is 0.0607. The number of H-pyrrole nitrogens is 1. The summed E-state index contributed by atoms with van der Waals surface area (Å²) in [4.78, 5) is 53.8. The molecule has 208 valence electrons. The third-order valence-electron chi connectivity index (χ3n) is 5.85. The number of esters is 1. The van der Waals surface area contributed by atoms with Crippen LogP contribution >= 0.6 is 11.8 Å². The maximum absolute atomic E-state index is 13.4. The number of hydrogen-bond donors (Lipinski definition) is 4. The molecule has 0 bridgehead atoms. The number of amides is 3. The molecule has 11 heteroatoms. The summed E-state index contributed by atoms with van der Waals surface area (Å²) in [6.45, 7) is 1.56. The molecular formula is C28H34N4O6S. The van der Waals surface area contributed by atoms with Crippen LogP contribution in [0.5, 0.6) is 0 Å². The van der Waals surface area contributed by atoms with Crippen LogP contribution in [0.15, 0.2) is 60.8 Å². The van der Waals surface area contributed by atoms with Gasteiger partial charge in [-0.3, -0.25) is 9.59 Å². The number of aromatic nitrogens is 1. The van der Waals surface area contributed by atoms with Crippen LogP contribution in [0.25, 0.3) is 10.9 Å². The Kier molecular flexibility index (Phi) is 11.7. The SMILES string of the molecule is CCOC(=O)[C@H](CCSC)NC(=O)[C@H](Cc1c[nH]c2ccccc12)NC(=O)CNC(=O)OCc1ccccc1. The number of thioether (sulfide) groups is 1. The van der Waals surface area contributed by atoms with Crippen molar-refractivity contribution in [3.05, 3.63) is 71.9 Å². The quantitative estimate of drug-likeness (QED) is 0.225. The number of nitrogens with one attached hydrogen (secondary N) is 4. The number of rotatable bonds is 14. The Morgan fingerprint density at radius 1 is 0.949 bits per heavy atom. The number of aromatic amines is 1. The van der Waals surface area contributed by atoms with Crippen molar-refractivity contribution in [3.8, 4) is 0 Å². The number of hydrogen-bond acceptors (Lipinski definition) is 7. The molecule has 39 heavy (non-hydrogen) atoms. The topological polar surface area (TPSA) is 139 Å². The van der Waals surface area contributed by atoms with Crippen LogP contribution in [-0.2, 0) is 36.9 Å². The van der Waals surface area contributed by atoms with Crippen LogP contribution in [0, 0.1) is 0 Å². The minimum Gasteiger partial charge on any atom is -0.464 e. The zero-order valence-electron chi connectivity index (χ0n) is 22.0. The highest BCUT2D eigenvalue weighted by molar-refractivity contribution is 7.98. The average Bonchev–Trinajstić information content (AvgIpc) is 3.36. The van der Waals surface area contributed by atoms with Crippen molar-refractivity contribution >= 4 is 46.5 Å². The first-order valence-corrected chi connectivity index (χ1v) is 14.1. The molecule has 0 aliphatic heterocycles. The molecule has 1 aromatic heterocycles. The van der Waals surface area contributed by atoms with Gasteiger partial charge in [0, 0.05) is 23.5 Å². The molecule has 3 rings (SSSR count). The van der Waals surface area contributed by atoms with Crippen molar-refractivity contribution in [2.75, 3.05) is 25.2 Å². The molecule has 0 fully saturated rings. The molecule has 2 aromatic carbocycles. The summed E-state index contributed by atoms with van der Waals surface area (Å²) in [6, 6.07) is 14.9. The third-order valence-corrected chi connectivity index (χ3v) is 6.50. The minimum atomic E-state index is -1.01. The number of ether oxygens (including phenoxy) is 2. The second kappa shape index (κ2) is 15.4. The molecule has 0 unspecified atom stereocenters. The van der Waals surface area contributed by atoms with E-state index in [1.54, 1.807) is 24.9 Å². The van der Waals surface area contributed by atoms with Crippen LogP contribution < -0.4 is 16.0 Å². The van der Waals surface area contributed by atoms with Crippen molar-refractivity contribution in [1.82, 2.24) is 20.9 Å². The molecule has 0 saturated heterocycles. The lowest BCUT2D eigenvalue weighted by atomic mass is 10.0. The first-order chi connectivity index (χ1) is 18.9. The Bertz CT molecular complexity index is 1250. The molecule has 4 N–H and O–H groups in total. The van der Waals surface area contributed by atoms with E-state index < -0.39 is 36.0 Å². The molecule has 2 atom stereocenters. The van der Waals surface area contributed by atoms with E-state index in [1.165, 1.54) is 0 Å². The summed E-state index contributed by atoms with van der Waals surface area (Å²) < 4.78 is 10.3. The number of carbonyl (C=O) groups excluding carboxylic acids is 4. The molecule has 0 radical (unpaired) electrons. The summed E-state index contributed by atoms with van der Waals surface area (Å²) in [5.41, 5.74) is 2.52. The fourth-order valence-electron chi connectivity index (χ4n) is 3.90. The number of alkyl carbamates (subject to hydrolysis) is 1. The maximum Gasteiger partial charge on any atom is 0.407 e. The van der Waals surface area contributed by atoms with E-state index in [0.717, 1.165) is 22.0 Å². The van der Waals surface area contributed by atoms with Gasteiger partial charge in [-0.2, -0.15) is 11.8 Å². The lowest BCUT2D eigenvalue weighted by Gasteiger charge is -2.22. The van der Waals surface area contributed by atoms with Gasteiger partial charge in [0.2, 0.25) is 11.8 Å². The fraction of sp³-hybridized carbons (Fsp3) is 0.357. The Labute approximate surface area is 231 Å². The second-order valence-corrected chi connectivity index (χ2v) is 9.68. The number of fused-ring (bicyclic) bond motifs is 1. The van der Waals surface area contributed by atoms with Crippen LogP contribution in [0.2, 0.25) is 0 Å². The van der Waals surface area contributed by atoms with Gasteiger partial charge in [-0.25, -0.2) is 9.59 Å². The van der Waals surface area contributed by atoms with Crippen LogP contribution in [0.1, 0.15) is 24.5 Å². The number of benzene rings is 2. The fourth-order valence-corrected chi connectivity index (χ4v) is 4.37. The molecule has 0 spiro atoms. The smallest absolute Gasteiger partial charge is 0.407 e. The van der Waals surface area contributed by atoms with E-state index in [4.69, 9.17) is 9.47 Å². The Morgan fingerprint density at radius 2 is 1.69 bits per heavy atom. The van der Waals surface area contributed by atoms with Gasteiger partial charge in [0.15, 0.2) is 0 Å². The van der Waals surface area contributed by atoms with Gasteiger partial charge >= 0.3 is 12.1 Å². The highest BCUT2D eigenvalue weighted by Gasteiger charge is 2.28. The molecule has 10 nitrogen and oxygen atoms in total. The Hall–Kier alpha value is -3.99. The van der Waals surface area contributed by atoms with Crippen molar-refractivity contribution in [2.24, 2.45) is 0 Å². The third kappa shape index (κ3) is 9.36. The normalized spacial score (nSPS) is 12.3. The largest absolute Gasteiger partial charge is 0.464 e. The van der Waals surface area contributed by atoms with Gasteiger partial charge in [0.1, 0.15) is 25.2 Å². The van der Waals surface area contributed by atoms with E-state index in [9.17, 15) is 19.2 Å². The predicted molar refractivity (Wildman–Crippen MR) is 150 cm³/mol. The summed E-state index contributed by atoms with van der Waals surface area (Å²) >= 11 is 1.54. The van der Waals surface area contributed by atoms with Crippen LogP contribution in [0.3, 0.4) is 0 Å². The van der Waals surface area contributed by atoms with E-state index in [-0.39, 0.29) is 26.2 Å². The molecule has 3 amide bonds. The predicted octanol–water partition coefficient (Wildman–Crippen LogP) is 2.92. The highest BCUT2D eigenvalue weighted by Crippen LogP contribution is 2.19. The number of carbonyl (C=O) groups is 4. The maximum atomic E-state index is 13.4. The molecule has 1 heterocycles. The molecular weight excluding hydrogens is 520 g/mol. The lowest BCUT2D eigenvalue weighted by Crippen LogP contribution is -2.54. The Balaban J connectivity index is 1.66. The van der Waals surface area contributed by atoms with Gasteiger partial charge in [-0.1, -0.05) is 48.5 Å². The first kappa shape index (κ1) is 29.6. The second-order valence-electron chi connectivity index (χ2n) is 8.69. The molecule has 0 aliphatic carbocycles. The summed E-state index contributed by atoms with van der Waals surface area (Å²) in [5.74, 6) is -0.999. The monoisotopic (exact) mass is 554 g/mol. The molecule has 3 aromatic rings. The van der Waals surface area contributed by atoms with Gasteiger partial charge < -0.3 is 30.4 Å². The van der Waals surface area contributed by atoms with E-state index in [1.807, 2.05) is 60.9 Å². The van der Waals surface area contributed by atoms with Gasteiger partial charge in [0.05, 0.1) is 6.61 Å². The van der Waals surface area contributed by atoms with Crippen molar-refractivity contribution in [1.29, 1.82) is 0 Å². The average molecular weight is 555 g/mol. The highest BCUT2D eigenvalue weighted by atomic mass is 32.2. The van der Waals surface area contributed by atoms with Gasteiger partial charge in [0.25, 0.3) is 0 Å².